The third kappa shape index (κ3) is 6.91. The van der Waals surface area contributed by atoms with Crippen molar-refractivity contribution >= 4 is 11.9 Å². The van der Waals surface area contributed by atoms with Crippen LogP contribution in [0.15, 0.2) is 0 Å². The van der Waals surface area contributed by atoms with E-state index in [1.807, 2.05) is 0 Å². The average molecular weight is 302 g/mol. The molecule has 6 heteroatoms. The molecule has 1 fully saturated rings. The molecule has 1 heterocycles. The molecule has 0 bridgehead atoms. The van der Waals surface area contributed by atoms with Gasteiger partial charge in [0.2, 0.25) is 5.79 Å². The molecule has 0 saturated carbocycles. The molecular weight excluding hydrogens is 276 g/mol. The first kappa shape index (κ1) is 17.9. The number of hydrogen-bond donors (Lipinski definition) is 2. The van der Waals surface area contributed by atoms with Crippen LogP contribution in [-0.2, 0) is 19.1 Å². The van der Waals surface area contributed by atoms with Gasteiger partial charge < -0.3 is 19.7 Å². The van der Waals surface area contributed by atoms with Crippen LogP contribution in [0.4, 0.5) is 0 Å². The molecule has 0 aliphatic carbocycles. The zero-order chi connectivity index (χ0) is 15.7. The highest BCUT2D eigenvalue weighted by Gasteiger charge is 2.38. The quantitative estimate of drug-likeness (QED) is 0.572. The Morgan fingerprint density at radius 2 is 1.71 bits per heavy atom. The van der Waals surface area contributed by atoms with Crippen molar-refractivity contribution in [3.05, 3.63) is 0 Å². The fraction of sp³-hybridized carbons (Fsp3) is 0.867. The van der Waals surface area contributed by atoms with Crippen molar-refractivity contribution in [1.82, 2.24) is 0 Å². The molecular formula is C15H26O6. The molecule has 21 heavy (non-hydrogen) atoms. The van der Waals surface area contributed by atoms with E-state index in [1.54, 1.807) is 0 Å². The van der Waals surface area contributed by atoms with Crippen molar-refractivity contribution in [1.29, 1.82) is 0 Å². The standard InChI is InChI=1S/C15H26O6/c1-15(19)12(8-4-2-3-7-11-16)20-13(17)9-5-6-10-14(18)21-15/h12,16,19H,2-11H2,1H3. The summed E-state index contributed by atoms with van der Waals surface area (Å²) in [6.07, 6.45) is 4.36. The minimum atomic E-state index is -1.79. The second kappa shape index (κ2) is 9.00. The minimum absolute atomic E-state index is 0.160. The van der Waals surface area contributed by atoms with Gasteiger partial charge in [-0.25, -0.2) is 0 Å². The molecule has 0 aromatic carbocycles. The van der Waals surface area contributed by atoms with E-state index in [9.17, 15) is 14.7 Å². The number of unbranched alkanes of at least 4 members (excludes halogenated alkanes) is 3. The van der Waals surface area contributed by atoms with E-state index < -0.39 is 17.9 Å². The van der Waals surface area contributed by atoms with Gasteiger partial charge in [0, 0.05) is 26.4 Å². The lowest BCUT2D eigenvalue weighted by molar-refractivity contribution is -0.247. The average Bonchev–Trinajstić information content (AvgIpc) is 2.40. The second-order valence-corrected chi connectivity index (χ2v) is 5.64. The largest absolute Gasteiger partial charge is 0.455 e. The van der Waals surface area contributed by atoms with Crippen LogP contribution in [0.1, 0.15) is 64.7 Å². The van der Waals surface area contributed by atoms with Gasteiger partial charge in [0.25, 0.3) is 0 Å². The van der Waals surface area contributed by atoms with Crippen LogP contribution in [0.2, 0.25) is 0 Å². The highest BCUT2D eigenvalue weighted by molar-refractivity contribution is 5.71. The van der Waals surface area contributed by atoms with Gasteiger partial charge in [0.05, 0.1) is 0 Å². The number of aliphatic hydroxyl groups excluding tert-OH is 1. The van der Waals surface area contributed by atoms with Gasteiger partial charge in [-0.3, -0.25) is 9.59 Å². The first-order chi connectivity index (χ1) is 9.95. The predicted octanol–water partition coefficient (Wildman–Crippen LogP) is 1.67. The maximum atomic E-state index is 11.7. The van der Waals surface area contributed by atoms with E-state index in [1.165, 1.54) is 6.92 Å². The molecule has 2 atom stereocenters. The van der Waals surface area contributed by atoms with Gasteiger partial charge in [-0.2, -0.15) is 0 Å². The van der Waals surface area contributed by atoms with E-state index in [2.05, 4.69) is 0 Å². The van der Waals surface area contributed by atoms with Crippen molar-refractivity contribution in [2.24, 2.45) is 0 Å². The molecule has 1 aliphatic heterocycles. The van der Waals surface area contributed by atoms with E-state index in [-0.39, 0.29) is 25.4 Å². The summed E-state index contributed by atoms with van der Waals surface area (Å²) >= 11 is 0. The Bertz CT molecular complexity index is 339. The van der Waals surface area contributed by atoms with Crippen LogP contribution in [0.25, 0.3) is 0 Å². The highest BCUT2D eigenvalue weighted by atomic mass is 16.7. The van der Waals surface area contributed by atoms with Gasteiger partial charge in [-0.05, 0) is 32.1 Å². The zero-order valence-electron chi connectivity index (χ0n) is 12.7. The number of aliphatic hydroxyl groups is 2. The fourth-order valence-corrected chi connectivity index (χ4v) is 2.33. The maximum Gasteiger partial charge on any atom is 0.308 e. The molecule has 0 amide bonds. The number of esters is 2. The minimum Gasteiger partial charge on any atom is -0.455 e. The molecule has 1 saturated heterocycles. The Labute approximate surface area is 125 Å². The van der Waals surface area contributed by atoms with Gasteiger partial charge in [0.15, 0.2) is 6.10 Å². The first-order valence-corrected chi connectivity index (χ1v) is 7.70. The van der Waals surface area contributed by atoms with E-state index in [0.717, 1.165) is 25.7 Å². The monoisotopic (exact) mass is 302 g/mol. The van der Waals surface area contributed by atoms with E-state index >= 15 is 0 Å². The van der Waals surface area contributed by atoms with Gasteiger partial charge in [-0.1, -0.05) is 12.8 Å². The van der Waals surface area contributed by atoms with Crippen molar-refractivity contribution in [2.45, 2.75) is 76.6 Å². The molecule has 1 aliphatic rings. The zero-order valence-corrected chi connectivity index (χ0v) is 12.7. The van der Waals surface area contributed by atoms with Gasteiger partial charge >= 0.3 is 11.9 Å². The van der Waals surface area contributed by atoms with Gasteiger partial charge in [0.1, 0.15) is 0 Å². The number of ether oxygens (including phenoxy) is 2. The molecule has 2 unspecified atom stereocenters. The lowest BCUT2D eigenvalue weighted by Crippen LogP contribution is -2.46. The van der Waals surface area contributed by atoms with Crippen LogP contribution < -0.4 is 0 Å². The molecule has 0 aromatic rings. The fourth-order valence-electron chi connectivity index (χ4n) is 2.33. The summed E-state index contributed by atoms with van der Waals surface area (Å²) in [7, 11) is 0. The van der Waals surface area contributed by atoms with Crippen LogP contribution >= 0.6 is 0 Å². The highest BCUT2D eigenvalue weighted by Crippen LogP contribution is 2.24. The smallest absolute Gasteiger partial charge is 0.308 e. The number of cyclic esters (lactones) is 2. The SMILES string of the molecule is CC1(O)OC(=O)CCCCC(=O)OC1CCCCCCO. The van der Waals surface area contributed by atoms with E-state index in [0.29, 0.717) is 19.3 Å². The van der Waals surface area contributed by atoms with Crippen molar-refractivity contribution < 1.29 is 29.3 Å². The Morgan fingerprint density at radius 3 is 2.38 bits per heavy atom. The Balaban J connectivity index is 2.58. The number of carbonyl (C=O) groups is 2. The third-order valence-corrected chi connectivity index (χ3v) is 3.58. The van der Waals surface area contributed by atoms with Crippen LogP contribution in [0.5, 0.6) is 0 Å². The Kier molecular flexibility index (Phi) is 7.67. The summed E-state index contributed by atoms with van der Waals surface area (Å²) in [5.41, 5.74) is 0. The normalized spacial score (nSPS) is 27.9. The summed E-state index contributed by atoms with van der Waals surface area (Å²) in [6.45, 7) is 1.52. The summed E-state index contributed by atoms with van der Waals surface area (Å²) in [5.74, 6) is -2.63. The van der Waals surface area contributed by atoms with Gasteiger partial charge in [-0.15, -0.1) is 0 Å². The number of carbonyl (C=O) groups excluding carboxylic acids is 2. The lowest BCUT2D eigenvalue weighted by Gasteiger charge is -2.32. The van der Waals surface area contributed by atoms with Crippen molar-refractivity contribution in [3.8, 4) is 0 Å². The van der Waals surface area contributed by atoms with Crippen LogP contribution in [-0.4, -0.2) is 40.6 Å². The number of hydrogen-bond acceptors (Lipinski definition) is 6. The maximum absolute atomic E-state index is 11.7. The molecule has 1 rings (SSSR count). The summed E-state index contributed by atoms with van der Waals surface area (Å²) in [6, 6.07) is 0. The molecule has 0 aromatic heterocycles. The van der Waals surface area contributed by atoms with Crippen molar-refractivity contribution in [2.75, 3.05) is 6.61 Å². The molecule has 122 valence electrons. The summed E-state index contributed by atoms with van der Waals surface area (Å²) in [4.78, 5) is 23.3. The second-order valence-electron chi connectivity index (χ2n) is 5.64. The topological polar surface area (TPSA) is 93.1 Å². The Morgan fingerprint density at radius 1 is 1.10 bits per heavy atom. The first-order valence-electron chi connectivity index (χ1n) is 7.70. The summed E-state index contributed by atoms with van der Waals surface area (Å²) in [5, 5.41) is 19.0. The van der Waals surface area contributed by atoms with Crippen molar-refractivity contribution in [3.63, 3.8) is 0 Å². The molecule has 2 N–H and O–H groups in total. The van der Waals surface area contributed by atoms with Crippen LogP contribution in [0.3, 0.4) is 0 Å². The number of rotatable bonds is 6. The Hall–Kier alpha value is -1.14. The van der Waals surface area contributed by atoms with Crippen LogP contribution in [0, 0.1) is 0 Å². The predicted molar refractivity (Wildman–Crippen MR) is 75.2 cm³/mol. The summed E-state index contributed by atoms with van der Waals surface area (Å²) < 4.78 is 10.3. The molecule has 6 nitrogen and oxygen atoms in total. The lowest BCUT2D eigenvalue weighted by atomic mass is 10.0. The third-order valence-electron chi connectivity index (χ3n) is 3.58. The molecule has 0 spiro atoms. The van der Waals surface area contributed by atoms with E-state index in [4.69, 9.17) is 14.6 Å². The molecule has 0 radical (unpaired) electrons.